The van der Waals surface area contributed by atoms with E-state index < -0.39 is 16.1 Å². The molecule has 0 radical (unpaired) electrons. The van der Waals surface area contributed by atoms with Crippen molar-refractivity contribution >= 4 is 10.0 Å². The molecule has 0 amide bonds. The number of hydrogen-bond acceptors (Lipinski definition) is 5. The SMILES string of the molecule is CS(=O)(=O)N1CCCC(CC(O)C2COCCO2)C1. The Morgan fingerprint density at radius 2 is 2.21 bits per heavy atom. The minimum atomic E-state index is -3.12. The molecule has 2 aliphatic rings. The van der Waals surface area contributed by atoms with Gasteiger partial charge in [0.15, 0.2) is 0 Å². The first-order chi connectivity index (χ1) is 8.97. The van der Waals surface area contributed by atoms with Gasteiger partial charge in [0.05, 0.1) is 32.2 Å². The van der Waals surface area contributed by atoms with Crippen molar-refractivity contribution in [1.29, 1.82) is 0 Å². The van der Waals surface area contributed by atoms with Crippen molar-refractivity contribution in [2.75, 3.05) is 39.2 Å². The maximum absolute atomic E-state index is 11.5. The zero-order valence-electron chi connectivity index (χ0n) is 11.3. The second kappa shape index (κ2) is 6.49. The first-order valence-corrected chi connectivity index (χ1v) is 8.64. The summed E-state index contributed by atoms with van der Waals surface area (Å²) in [5.74, 6) is 0.198. The number of piperidine rings is 1. The summed E-state index contributed by atoms with van der Waals surface area (Å²) >= 11 is 0. The molecule has 0 saturated carbocycles. The third-order valence-electron chi connectivity index (χ3n) is 3.80. The second-order valence-corrected chi connectivity index (χ2v) is 7.40. The van der Waals surface area contributed by atoms with Crippen molar-refractivity contribution < 1.29 is 23.0 Å². The molecule has 2 fully saturated rings. The standard InChI is InChI=1S/C12H23NO5S/c1-19(15,16)13-4-2-3-10(8-13)7-11(14)12-9-17-5-6-18-12/h10-12,14H,2-9H2,1H3. The van der Waals surface area contributed by atoms with Gasteiger partial charge in [-0.05, 0) is 25.2 Å². The van der Waals surface area contributed by atoms with Crippen molar-refractivity contribution in [1.82, 2.24) is 4.31 Å². The molecule has 2 rings (SSSR count). The summed E-state index contributed by atoms with van der Waals surface area (Å²) in [5.41, 5.74) is 0. The zero-order chi connectivity index (χ0) is 13.9. The fraction of sp³-hybridized carbons (Fsp3) is 1.00. The van der Waals surface area contributed by atoms with E-state index in [0.29, 0.717) is 39.3 Å². The molecule has 1 N–H and O–H groups in total. The Morgan fingerprint density at radius 3 is 2.84 bits per heavy atom. The lowest BCUT2D eigenvalue weighted by Crippen LogP contribution is -2.43. The highest BCUT2D eigenvalue weighted by Crippen LogP contribution is 2.24. The van der Waals surface area contributed by atoms with E-state index in [9.17, 15) is 13.5 Å². The molecule has 0 aromatic heterocycles. The van der Waals surface area contributed by atoms with Crippen LogP contribution in [0.4, 0.5) is 0 Å². The maximum Gasteiger partial charge on any atom is 0.211 e. The summed E-state index contributed by atoms with van der Waals surface area (Å²) in [4.78, 5) is 0. The molecule has 2 saturated heterocycles. The van der Waals surface area contributed by atoms with Gasteiger partial charge in [0.1, 0.15) is 6.10 Å². The monoisotopic (exact) mass is 293 g/mol. The summed E-state index contributed by atoms with van der Waals surface area (Å²) in [5, 5.41) is 10.1. The van der Waals surface area contributed by atoms with Crippen LogP contribution in [0.25, 0.3) is 0 Å². The number of aliphatic hydroxyl groups excluding tert-OH is 1. The summed E-state index contributed by atoms with van der Waals surface area (Å²) in [6, 6.07) is 0. The van der Waals surface area contributed by atoms with Gasteiger partial charge in [0.2, 0.25) is 10.0 Å². The molecular weight excluding hydrogens is 270 g/mol. The Balaban J connectivity index is 1.84. The summed E-state index contributed by atoms with van der Waals surface area (Å²) < 4.78 is 35.3. The number of ether oxygens (including phenoxy) is 2. The number of rotatable bonds is 4. The van der Waals surface area contributed by atoms with Crippen molar-refractivity contribution in [3.05, 3.63) is 0 Å². The predicted octanol–water partition coefficient (Wildman–Crippen LogP) is -0.176. The fourth-order valence-corrected chi connectivity index (χ4v) is 3.68. The first-order valence-electron chi connectivity index (χ1n) is 6.79. The third-order valence-corrected chi connectivity index (χ3v) is 5.07. The minimum absolute atomic E-state index is 0.198. The van der Waals surface area contributed by atoms with Gasteiger partial charge in [-0.25, -0.2) is 12.7 Å². The van der Waals surface area contributed by atoms with Crippen molar-refractivity contribution in [2.24, 2.45) is 5.92 Å². The Labute approximate surface area is 114 Å². The highest BCUT2D eigenvalue weighted by molar-refractivity contribution is 7.88. The van der Waals surface area contributed by atoms with E-state index in [1.54, 1.807) is 0 Å². The first kappa shape index (κ1) is 15.2. The van der Waals surface area contributed by atoms with Crippen LogP contribution in [-0.2, 0) is 19.5 Å². The van der Waals surface area contributed by atoms with E-state index in [4.69, 9.17) is 9.47 Å². The molecule has 2 aliphatic heterocycles. The van der Waals surface area contributed by atoms with Crippen LogP contribution in [0.3, 0.4) is 0 Å². The van der Waals surface area contributed by atoms with Gasteiger partial charge in [-0.1, -0.05) is 0 Å². The van der Waals surface area contributed by atoms with Crippen molar-refractivity contribution in [3.63, 3.8) is 0 Å². The lowest BCUT2D eigenvalue weighted by molar-refractivity contribution is -0.136. The molecule has 0 bridgehead atoms. The molecule has 0 aliphatic carbocycles. The molecule has 6 nitrogen and oxygen atoms in total. The molecule has 0 spiro atoms. The Bertz CT molecular complexity index is 380. The largest absolute Gasteiger partial charge is 0.390 e. The van der Waals surface area contributed by atoms with Crippen LogP contribution < -0.4 is 0 Å². The van der Waals surface area contributed by atoms with Gasteiger partial charge in [-0.15, -0.1) is 0 Å². The average Bonchev–Trinajstić information content (AvgIpc) is 2.39. The van der Waals surface area contributed by atoms with E-state index >= 15 is 0 Å². The van der Waals surface area contributed by atoms with Crippen molar-refractivity contribution in [2.45, 2.75) is 31.5 Å². The molecule has 19 heavy (non-hydrogen) atoms. The maximum atomic E-state index is 11.5. The van der Waals surface area contributed by atoms with Crippen molar-refractivity contribution in [3.8, 4) is 0 Å². The van der Waals surface area contributed by atoms with E-state index in [-0.39, 0.29) is 12.0 Å². The summed E-state index contributed by atoms with van der Waals surface area (Å²) in [7, 11) is -3.12. The average molecular weight is 293 g/mol. The molecule has 0 aromatic carbocycles. The third kappa shape index (κ3) is 4.39. The minimum Gasteiger partial charge on any atom is -0.390 e. The van der Waals surface area contributed by atoms with Crippen LogP contribution in [0.5, 0.6) is 0 Å². The normalized spacial score (nSPS) is 32.1. The van der Waals surface area contributed by atoms with Crippen LogP contribution in [0.2, 0.25) is 0 Å². The predicted molar refractivity (Wildman–Crippen MR) is 70.3 cm³/mol. The van der Waals surface area contributed by atoms with Gasteiger partial charge in [-0.3, -0.25) is 0 Å². The van der Waals surface area contributed by atoms with Crippen LogP contribution >= 0.6 is 0 Å². The van der Waals surface area contributed by atoms with E-state index in [0.717, 1.165) is 12.8 Å². The molecule has 0 aromatic rings. The van der Waals surface area contributed by atoms with Gasteiger partial charge >= 0.3 is 0 Å². The van der Waals surface area contributed by atoms with Gasteiger partial charge in [-0.2, -0.15) is 0 Å². The quantitative estimate of drug-likeness (QED) is 0.778. The molecule has 7 heteroatoms. The number of aliphatic hydroxyl groups is 1. The Morgan fingerprint density at radius 1 is 1.42 bits per heavy atom. The number of nitrogens with zero attached hydrogens (tertiary/aromatic N) is 1. The van der Waals surface area contributed by atoms with E-state index in [1.807, 2.05) is 0 Å². The Kier molecular flexibility index (Phi) is 5.19. The highest BCUT2D eigenvalue weighted by Gasteiger charge is 2.30. The number of hydrogen-bond donors (Lipinski definition) is 1. The molecule has 112 valence electrons. The topological polar surface area (TPSA) is 76.1 Å². The van der Waals surface area contributed by atoms with Gasteiger partial charge in [0, 0.05) is 13.1 Å². The zero-order valence-corrected chi connectivity index (χ0v) is 12.1. The smallest absolute Gasteiger partial charge is 0.211 e. The van der Waals surface area contributed by atoms with E-state index in [1.165, 1.54) is 10.6 Å². The number of sulfonamides is 1. The second-order valence-electron chi connectivity index (χ2n) is 5.42. The highest BCUT2D eigenvalue weighted by atomic mass is 32.2. The summed E-state index contributed by atoms with van der Waals surface area (Å²) in [6.07, 6.45) is 2.76. The lowest BCUT2D eigenvalue weighted by Gasteiger charge is -2.34. The fourth-order valence-electron chi connectivity index (χ4n) is 2.74. The van der Waals surface area contributed by atoms with Crippen LogP contribution in [0, 0.1) is 5.92 Å². The molecule has 3 unspecified atom stereocenters. The van der Waals surface area contributed by atoms with Gasteiger partial charge < -0.3 is 14.6 Å². The van der Waals surface area contributed by atoms with Crippen LogP contribution in [0.15, 0.2) is 0 Å². The molecule has 3 atom stereocenters. The van der Waals surface area contributed by atoms with E-state index in [2.05, 4.69) is 0 Å². The van der Waals surface area contributed by atoms with Gasteiger partial charge in [0.25, 0.3) is 0 Å². The van der Waals surface area contributed by atoms with Crippen LogP contribution in [-0.4, -0.2) is 69.2 Å². The van der Waals surface area contributed by atoms with Crippen LogP contribution in [0.1, 0.15) is 19.3 Å². The lowest BCUT2D eigenvalue weighted by atomic mass is 9.91. The Hall–Kier alpha value is -0.210. The molecular formula is C12H23NO5S. The molecule has 2 heterocycles. The summed E-state index contributed by atoms with van der Waals surface area (Å²) in [6.45, 7) is 2.61.